The fraction of sp³-hybridized carbons (Fsp3) is 0.250. The Morgan fingerprint density at radius 3 is 3.05 bits per heavy atom. The third-order valence-corrected chi connectivity index (χ3v) is 3.68. The molecule has 1 N–H and O–H groups in total. The Balaban J connectivity index is 1.89. The Morgan fingerprint density at radius 1 is 1.52 bits per heavy atom. The molecular weight excluding hydrogens is 292 g/mol. The average molecular weight is 304 g/mol. The summed E-state index contributed by atoms with van der Waals surface area (Å²) >= 11 is 1.48. The molecule has 3 rings (SSSR count). The number of carbonyl (C=O) groups excluding carboxylic acids is 1. The van der Waals surface area contributed by atoms with Crippen LogP contribution < -0.4 is 5.32 Å². The van der Waals surface area contributed by atoms with E-state index in [1.54, 1.807) is 6.92 Å². The van der Waals surface area contributed by atoms with E-state index in [0.29, 0.717) is 23.6 Å². The summed E-state index contributed by atoms with van der Waals surface area (Å²) in [4.78, 5) is 14.6. The summed E-state index contributed by atoms with van der Waals surface area (Å²) < 4.78 is 5.14. The second-order valence-corrected chi connectivity index (χ2v) is 5.14. The molecule has 9 heteroatoms. The first-order valence-corrected chi connectivity index (χ1v) is 7.16. The summed E-state index contributed by atoms with van der Waals surface area (Å²) in [6.45, 7) is 4.15. The van der Waals surface area contributed by atoms with Gasteiger partial charge >= 0.3 is 0 Å². The number of hydrogen-bond acceptors (Lipinski definition) is 7. The fourth-order valence-electron chi connectivity index (χ4n) is 1.81. The molecule has 0 saturated carbocycles. The number of carbonyl (C=O) groups is 1. The van der Waals surface area contributed by atoms with Gasteiger partial charge in [-0.3, -0.25) is 10.1 Å². The van der Waals surface area contributed by atoms with Crippen molar-refractivity contribution < 1.29 is 9.32 Å². The van der Waals surface area contributed by atoms with Crippen LogP contribution >= 0.6 is 11.3 Å². The van der Waals surface area contributed by atoms with E-state index >= 15 is 0 Å². The van der Waals surface area contributed by atoms with Gasteiger partial charge in [-0.2, -0.15) is 4.80 Å². The fourth-order valence-corrected chi connectivity index (χ4v) is 2.52. The lowest BCUT2D eigenvalue weighted by molar-refractivity contribution is 0.102. The van der Waals surface area contributed by atoms with E-state index in [9.17, 15) is 4.79 Å². The number of amides is 1. The maximum atomic E-state index is 12.4. The summed E-state index contributed by atoms with van der Waals surface area (Å²) in [7, 11) is 0. The number of nitrogens with zero attached hydrogens (tertiary/aromatic N) is 5. The molecule has 0 aliphatic rings. The molecule has 0 saturated heterocycles. The molecule has 3 aromatic rings. The van der Waals surface area contributed by atoms with Crippen LogP contribution in [-0.4, -0.2) is 31.3 Å². The molecule has 21 heavy (non-hydrogen) atoms. The Bertz CT molecular complexity index is 761. The first kappa shape index (κ1) is 13.4. The lowest BCUT2D eigenvalue weighted by Gasteiger charge is -2.00. The highest BCUT2D eigenvalue weighted by Crippen LogP contribution is 2.29. The van der Waals surface area contributed by atoms with Gasteiger partial charge in [-0.15, -0.1) is 16.4 Å². The molecule has 0 aromatic carbocycles. The highest BCUT2D eigenvalue weighted by Gasteiger charge is 2.23. The van der Waals surface area contributed by atoms with Crippen LogP contribution in [0.3, 0.4) is 0 Å². The SMILES string of the molecule is CCn1nnc(NC(=O)c2c(-c3cccs3)noc2C)n1. The highest BCUT2D eigenvalue weighted by atomic mass is 32.1. The molecule has 108 valence electrons. The van der Waals surface area contributed by atoms with Gasteiger partial charge in [-0.25, -0.2) is 0 Å². The van der Waals surface area contributed by atoms with Gasteiger partial charge in [0.1, 0.15) is 17.0 Å². The van der Waals surface area contributed by atoms with Crippen molar-refractivity contribution in [3.8, 4) is 10.6 Å². The number of hydrogen-bond donors (Lipinski definition) is 1. The predicted octanol–water partition coefficient (Wildman–Crippen LogP) is 1.97. The molecule has 0 aliphatic carbocycles. The molecule has 0 radical (unpaired) electrons. The molecule has 0 unspecified atom stereocenters. The normalized spacial score (nSPS) is 10.8. The highest BCUT2D eigenvalue weighted by molar-refractivity contribution is 7.13. The molecule has 0 atom stereocenters. The Kier molecular flexibility index (Phi) is 3.48. The second-order valence-electron chi connectivity index (χ2n) is 4.20. The second kappa shape index (κ2) is 5.44. The summed E-state index contributed by atoms with van der Waals surface area (Å²) in [5, 5.41) is 20.0. The number of rotatable bonds is 4. The zero-order valence-electron chi connectivity index (χ0n) is 11.4. The van der Waals surface area contributed by atoms with Crippen molar-refractivity contribution in [1.29, 1.82) is 0 Å². The zero-order chi connectivity index (χ0) is 14.8. The van der Waals surface area contributed by atoms with Crippen LogP contribution in [0.1, 0.15) is 23.0 Å². The van der Waals surface area contributed by atoms with Crippen LogP contribution in [0.25, 0.3) is 10.6 Å². The van der Waals surface area contributed by atoms with Crippen molar-refractivity contribution in [1.82, 2.24) is 25.4 Å². The minimum absolute atomic E-state index is 0.152. The molecule has 1 amide bonds. The first-order chi connectivity index (χ1) is 10.2. The number of aryl methyl sites for hydroxylation is 2. The van der Waals surface area contributed by atoms with Crippen LogP contribution in [0.5, 0.6) is 0 Å². The number of aromatic nitrogens is 5. The molecule has 3 heterocycles. The smallest absolute Gasteiger partial charge is 0.270 e. The minimum atomic E-state index is -0.368. The van der Waals surface area contributed by atoms with E-state index in [4.69, 9.17) is 4.52 Å². The summed E-state index contributed by atoms with van der Waals surface area (Å²) in [5.74, 6) is 0.228. The van der Waals surface area contributed by atoms with Crippen molar-refractivity contribution in [2.75, 3.05) is 5.32 Å². The van der Waals surface area contributed by atoms with Gasteiger partial charge in [-0.05, 0) is 30.5 Å². The lowest BCUT2D eigenvalue weighted by Crippen LogP contribution is -2.14. The topological polar surface area (TPSA) is 98.7 Å². The first-order valence-electron chi connectivity index (χ1n) is 6.28. The van der Waals surface area contributed by atoms with Crippen molar-refractivity contribution in [2.45, 2.75) is 20.4 Å². The summed E-state index contributed by atoms with van der Waals surface area (Å²) in [6, 6.07) is 3.77. The molecular formula is C12H12N6O2S. The van der Waals surface area contributed by atoms with Gasteiger partial charge in [-0.1, -0.05) is 16.3 Å². The predicted molar refractivity (Wildman–Crippen MR) is 76.0 cm³/mol. The molecule has 8 nitrogen and oxygen atoms in total. The maximum absolute atomic E-state index is 12.4. The maximum Gasteiger partial charge on any atom is 0.270 e. The van der Waals surface area contributed by atoms with Crippen LogP contribution in [0, 0.1) is 6.92 Å². The third-order valence-electron chi connectivity index (χ3n) is 2.81. The summed E-state index contributed by atoms with van der Waals surface area (Å²) in [6.07, 6.45) is 0. The molecule has 3 aromatic heterocycles. The van der Waals surface area contributed by atoms with E-state index in [-0.39, 0.29) is 11.9 Å². The molecule has 0 aliphatic heterocycles. The Labute approximate surface area is 123 Å². The van der Waals surface area contributed by atoms with Gasteiger partial charge in [0.15, 0.2) is 0 Å². The number of thiophene rings is 1. The number of anilines is 1. The van der Waals surface area contributed by atoms with Crippen molar-refractivity contribution >= 4 is 23.2 Å². The van der Waals surface area contributed by atoms with Crippen LogP contribution in [0.15, 0.2) is 22.0 Å². The third kappa shape index (κ3) is 2.55. The number of tetrazole rings is 1. The van der Waals surface area contributed by atoms with E-state index in [1.807, 2.05) is 24.4 Å². The zero-order valence-corrected chi connectivity index (χ0v) is 12.2. The minimum Gasteiger partial charge on any atom is -0.360 e. The van der Waals surface area contributed by atoms with Crippen LogP contribution in [0.2, 0.25) is 0 Å². The monoisotopic (exact) mass is 304 g/mol. The van der Waals surface area contributed by atoms with E-state index in [2.05, 4.69) is 25.9 Å². The van der Waals surface area contributed by atoms with Crippen LogP contribution in [0.4, 0.5) is 5.95 Å². The Morgan fingerprint density at radius 2 is 2.38 bits per heavy atom. The average Bonchev–Trinajstić information content (AvgIpc) is 3.17. The number of nitrogens with one attached hydrogen (secondary N) is 1. The van der Waals surface area contributed by atoms with Gasteiger partial charge < -0.3 is 4.52 Å². The van der Waals surface area contributed by atoms with Gasteiger partial charge in [0.25, 0.3) is 11.9 Å². The standard InChI is InChI=1S/C12H12N6O2S/c1-3-18-15-12(14-17-18)13-11(19)9-7(2)20-16-10(9)8-5-4-6-21-8/h4-6H,3H2,1-2H3,(H,13,15,19). The lowest BCUT2D eigenvalue weighted by atomic mass is 10.1. The van der Waals surface area contributed by atoms with E-state index in [0.717, 1.165) is 4.88 Å². The summed E-state index contributed by atoms with van der Waals surface area (Å²) in [5.41, 5.74) is 0.896. The van der Waals surface area contributed by atoms with Crippen molar-refractivity contribution in [3.63, 3.8) is 0 Å². The van der Waals surface area contributed by atoms with Gasteiger partial charge in [0.05, 0.1) is 11.4 Å². The van der Waals surface area contributed by atoms with Gasteiger partial charge in [0.2, 0.25) is 0 Å². The Hall–Kier alpha value is -2.55. The van der Waals surface area contributed by atoms with E-state index < -0.39 is 0 Å². The van der Waals surface area contributed by atoms with Crippen molar-refractivity contribution in [2.24, 2.45) is 0 Å². The van der Waals surface area contributed by atoms with Crippen molar-refractivity contribution in [3.05, 3.63) is 28.8 Å². The van der Waals surface area contributed by atoms with E-state index in [1.165, 1.54) is 16.1 Å². The van der Waals surface area contributed by atoms with Gasteiger partial charge in [0, 0.05) is 0 Å². The van der Waals surface area contributed by atoms with Crippen LogP contribution in [-0.2, 0) is 6.54 Å². The molecule has 0 spiro atoms. The quantitative estimate of drug-likeness (QED) is 0.791. The molecule has 0 bridgehead atoms. The largest absolute Gasteiger partial charge is 0.360 e. The molecule has 0 fully saturated rings.